The molecule has 1 unspecified atom stereocenters. The van der Waals surface area contributed by atoms with Gasteiger partial charge in [0.1, 0.15) is 12.0 Å². The van der Waals surface area contributed by atoms with Crippen molar-refractivity contribution in [3.63, 3.8) is 0 Å². The highest BCUT2D eigenvalue weighted by atomic mass is 35.5. The molecule has 0 saturated heterocycles. The van der Waals surface area contributed by atoms with E-state index < -0.39 is 5.92 Å². The molecular weight excluding hydrogens is 513 g/mol. The first-order valence-corrected chi connectivity index (χ1v) is 12.5. The van der Waals surface area contributed by atoms with Gasteiger partial charge >= 0.3 is 0 Å². The van der Waals surface area contributed by atoms with Crippen molar-refractivity contribution in [1.29, 1.82) is 5.26 Å². The molecule has 0 aliphatic heterocycles. The maximum atomic E-state index is 9.85. The number of fused-ring (bicyclic) bond motifs is 1. The molecule has 36 heavy (non-hydrogen) atoms. The van der Waals surface area contributed by atoms with Gasteiger partial charge in [0.15, 0.2) is 16.8 Å². The number of nitrogens with one attached hydrogen (secondary N) is 2. The fourth-order valence-corrected chi connectivity index (χ4v) is 5.05. The van der Waals surface area contributed by atoms with Crippen molar-refractivity contribution in [3.8, 4) is 6.07 Å². The average molecular weight is 532 g/mol. The fraction of sp³-hybridized carbons (Fsp3) is 0.0769. The number of nitrogens with two attached hydrogens (primary N) is 1. The number of benzene rings is 3. The van der Waals surface area contributed by atoms with Crippen LogP contribution in [-0.2, 0) is 0 Å². The second-order valence-electron chi connectivity index (χ2n) is 8.02. The molecule has 0 fully saturated rings. The number of para-hydroxylation sites is 1. The average Bonchev–Trinajstić information content (AvgIpc) is 3.28. The molecule has 5 rings (SSSR count). The number of nitrogens with zero attached hydrogens (tertiary/aromatic N) is 4. The van der Waals surface area contributed by atoms with Crippen LogP contribution in [0.25, 0.3) is 10.2 Å². The van der Waals surface area contributed by atoms with Gasteiger partial charge in [0.05, 0.1) is 22.2 Å². The van der Waals surface area contributed by atoms with Crippen LogP contribution < -0.4 is 16.4 Å². The van der Waals surface area contributed by atoms with Gasteiger partial charge < -0.3 is 16.4 Å². The van der Waals surface area contributed by atoms with E-state index in [0.29, 0.717) is 43.8 Å². The lowest BCUT2D eigenvalue weighted by atomic mass is 9.91. The third kappa shape index (κ3) is 4.77. The Balaban J connectivity index is 1.42. The Labute approximate surface area is 221 Å². The van der Waals surface area contributed by atoms with Crippen LogP contribution in [0, 0.1) is 18.3 Å². The molecular formula is C26H19Cl2N7S. The number of hydrogen-bond acceptors (Lipinski definition) is 8. The van der Waals surface area contributed by atoms with E-state index in [1.165, 1.54) is 17.7 Å². The molecule has 0 saturated carbocycles. The Morgan fingerprint density at radius 3 is 2.44 bits per heavy atom. The SMILES string of the molecule is Cc1cc(C(C#N)c2ccc(Cl)cc2)c(Cl)cc1Nc1ncnc(Nc2nc3ccccc3s2)c1N. The van der Waals surface area contributed by atoms with Gasteiger partial charge in [-0.3, -0.25) is 0 Å². The van der Waals surface area contributed by atoms with Gasteiger partial charge in [-0.25, -0.2) is 15.0 Å². The first kappa shape index (κ1) is 23.8. The standard InChI is InChI=1S/C26H19Cl2N7S/c1-14-10-17(18(12-29)15-6-8-16(27)9-7-15)19(28)11-21(14)33-24-23(30)25(32-13-31-24)35-26-34-20-4-2-3-5-22(20)36-26/h2-11,13,18H,30H2,1H3,(H2,31,32,33,34,35). The van der Waals surface area contributed by atoms with E-state index >= 15 is 0 Å². The van der Waals surface area contributed by atoms with Crippen LogP contribution in [0.2, 0.25) is 10.0 Å². The molecule has 0 aliphatic rings. The van der Waals surface area contributed by atoms with E-state index in [2.05, 4.69) is 31.7 Å². The minimum Gasteiger partial charge on any atom is -0.393 e. The van der Waals surface area contributed by atoms with E-state index in [1.807, 2.05) is 49.4 Å². The van der Waals surface area contributed by atoms with Gasteiger partial charge in [0.2, 0.25) is 0 Å². The molecule has 0 aliphatic carbocycles. The largest absolute Gasteiger partial charge is 0.393 e. The number of rotatable bonds is 6. The summed E-state index contributed by atoms with van der Waals surface area (Å²) in [7, 11) is 0. The monoisotopic (exact) mass is 531 g/mol. The Hall–Kier alpha value is -3.90. The maximum absolute atomic E-state index is 9.85. The predicted octanol–water partition coefficient (Wildman–Crippen LogP) is 7.43. The molecule has 0 spiro atoms. The highest BCUT2D eigenvalue weighted by Crippen LogP contribution is 2.37. The smallest absolute Gasteiger partial charge is 0.189 e. The molecule has 0 amide bonds. The third-order valence-electron chi connectivity index (χ3n) is 5.64. The van der Waals surface area contributed by atoms with Crippen molar-refractivity contribution in [3.05, 3.63) is 93.7 Å². The number of nitriles is 1. The van der Waals surface area contributed by atoms with Gasteiger partial charge in [-0.1, -0.05) is 64.9 Å². The van der Waals surface area contributed by atoms with Crippen molar-refractivity contribution in [2.75, 3.05) is 16.4 Å². The van der Waals surface area contributed by atoms with Gasteiger partial charge in [-0.05, 0) is 53.9 Å². The Morgan fingerprint density at radius 2 is 1.72 bits per heavy atom. The van der Waals surface area contributed by atoms with E-state index in [0.717, 1.165) is 21.3 Å². The molecule has 10 heteroatoms. The van der Waals surface area contributed by atoms with Crippen LogP contribution in [-0.4, -0.2) is 15.0 Å². The summed E-state index contributed by atoms with van der Waals surface area (Å²) in [5.41, 5.74) is 10.7. The third-order valence-corrected chi connectivity index (χ3v) is 7.17. The summed E-state index contributed by atoms with van der Waals surface area (Å²) in [5, 5.41) is 18.0. The van der Waals surface area contributed by atoms with Gasteiger partial charge in [0, 0.05) is 15.7 Å². The van der Waals surface area contributed by atoms with Crippen LogP contribution >= 0.6 is 34.5 Å². The van der Waals surface area contributed by atoms with E-state index in [4.69, 9.17) is 28.9 Å². The Bertz CT molecular complexity index is 1580. The highest BCUT2D eigenvalue weighted by molar-refractivity contribution is 7.22. The molecule has 2 aromatic heterocycles. The van der Waals surface area contributed by atoms with Gasteiger partial charge in [-0.15, -0.1) is 0 Å². The predicted molar refractivity (Wildman–Crippen MR) is 148 cm³/mol. The summed E-state index contributed by atoms with van der Waals surface area (Å²) in [5.74, 6) is 0.338. The highest BCUT2D eigenvalue weighted by Gasteiger charge is 2.19. The lowest BCUT2D eigenvalue weighted by Crippen LogP contribution is -2.06. The summed E-state index contributed by atoms with van der Waals surface area (Å²) in [6, 6.07) is 21.1. The Morgan fingerprint density at radius 1 is 1.00 bits per heavy atom. The number of anilines is 5. The zero-order valence-corrected chi connectivity index (χ0v) is 21.3. The van der Waals surface area contributed by atoms with Crippen molar-refractivity contribution in [2.24, 2.45) is 0 Å². The fourth-order valence-electron chi connectivity index (χ4n) is 3.79. The zero-order chi connectivity index (χ0) is 25.2. The molecule has 3 aromatic carbocycles. The summed E-state index contributed by atoms with van der Waals surface area (Å²) in [4.78, 5) is 13.2. The van der Waals surface area contributed by atoms with Crippen LogP contribution in [0.15, 0.2) is 67.0 Å². The van der Waals surface area contributed by atoms with Gasteiger partial charge in [0.25, 0.3) is 0 Å². The number of aryl methyl sites for hydroxylation is 1. The normalized spacial score (nSPS) is 11.7. The van der Waals surface area contributed by atoms with E-state index in [1.54, 1.807) is 18.2 Å². The van der Waals surface area contributed by atoms with Gasteiger partial charge in [-0.2, -0.15) is 5.26 Å². The van der Waals surface area contributed by atoms with E-state index in [-0.39, 0.29) is 0 Å². The first-order valence-electron chi connectivity index (χ1n) is 10.9. The summed E-state index contributed by atoms with van der Waals surface area (Å²) >= 11 is 14.2. The molecule has 1 atom stereocenters. The molecule has 0 radical (unpaired) electrons. The second-order valence-corrected chi connectivity index (χ2v) is 9.90. The van der Waals surface area contributed by atoms with E-state index in [9.17, 15) is 5.26 Å². The summed E-state index contributed by atoms with van der Waals surface area (Å²) in [6.07, 6.45) is 1.42. The zero-order valence-electron chi connectivity index (χ0n) is 19.0. The number of halogens is 2. The van der Waals surface area contributed by atoms with Crippen LogP contribution in [0.5, 0.6) is 0 Å². The topological polar surface area (TPSA) is 113 Å². The molecule has 4 N–H and O–H groups in total. The van der Waals surface area contributed by atoms with Crippen LogP contribution in [0.3, 0.4) is 0 Å². The number of aromatic nitrogens is 3. The minimum atomic E-state index is -0.531. The lowest BCUT2D eigenvalue weighted by molar-refractivity contribution is 1.03. The quantitative estimate of drug-likeness (QED) is 0.208. The molecule has 178 valence electrons. The minimum absolute atomic E-state index is 0.340. The first-order chi connectivity index (χ1) is 17.4. The lowest BCUT2D eigenvalue weighted by Gasteiger charge is -2.17. The summed E-state index contributed by atoms with van der Waals surface area (Å²) < 4.78 is 1.06. The van der Waals surface area contributed by atoms with Crippen LogP contribution in [0.4, 0.5) is 28.1 Å². The molecule has 0 bridgehead atoms. The summed E-state index contributed by atoms with van der Waals surface area (Å²) in [6.45, 7) is 1.93. The second kappa shape index (κ2) is 9.99. The van der Waals surface area contributed by atoms with Crippen molar-refractivity contribution < 1.29 is 0 Å². The van der Waals surface area contributed by atoms with Crippen LogP contribution in [0.1, 0.15) is 22.6 Å². The Kier molecular flexibility index (Phi) is 6.61. The van der Waals surface area contributed by atoms with Crippen molar-refractivity contribution in [2.45, 2.75) is 12.8 Å². The number of hydrogen-bond donors (Lipinski definition) is 3. The van der Waals surface area contributed by atoms with Crippen molar-refractivity contribution >= 4 is 72.9 Å². The number of thiazole rings is 1. The molecule has 5 aromatic rings. The van der Waals surface area contributed by atoms with Crippen molar-refractivity contribution in [1.82, 2.24) is 15.0 Å². The molecule has 7 nitrogen and oxygen atoms in total. The maximum Gasteiger partial charge on any atom is 0.189 e. The molecule has 2 heterocycles. The number of nitrogen functional groups attached to an aromatic ring is 1.